The number of anilines is 1. The molecule has 0 radical (unpaired) electrons. The third kappa shape index (κ3) is 3.83. The Labute approximate surface area is 168 Å². The monoisotopic (exact) mass is 395 g/mol. The van der Waals surface area contributed by atoms with Crippen molar-refractivity contribution in [1.29, 1.82) is 0 Å². The SMILES string of the molecule is CSc1cccc(COc2c(C3CCC3)ccc(-c3cnc(N)cn3)c2F)c1. The van der Waals surface area contributed by atoms with Crippen LogP contribution in [0.2, 0.25) is 0 Å². The number of halogens is 1. The second-order valence-electron chi connectivity index (χ2n) is 6.94. The number of hydrogen-bond acceptors (Lipinski definition) is 5. The largest absolute Gasteiger partial charge is 0.486 e. The van der Waals surface area contributed by atoms with Crippen molar-refractivity contribution in [2.75, 3.05) is 12.0 Å². The van der Waals surface area contributed by atoms with Gasteiger partial charge in [-0.1, -0.05) is 24.6 Å². The van der Waals surface area contributed by atoms with Crippen molar-refractivity contribution < 1.29 is 9.13 Å². The molecule has 1 heterocycles. The van der Waals surface area contributed by atoms with Crippen LogP contribution < -0.4 is 10.5 Å². The molecule has 1 aromatic heterocycles. The fourth-order valence-corrected chi connectivity index (χ4v) is 3.83. The van der Waals surface area contributed by atoms with Crippen LogP contribution in [0.1, 0.15) is 36.3 Å². The van der Waals surface area contributed by atoms with Gasteiger partial charge in [0.25, 0.3) is 0 Å². The van der Waals surface area contributed by atoms with E-state index in [1.54, 1.807) is 17.8 Å². The van der Waals surface area contributed by atoms with Gasteiger partial charge in [-0.05, 0) is 48.8 Å². The smallest absolute Gasteiger partial charge is 0.174 e. The summed E-state index contributed by atoms with van der Waals surface area (Å²) >= 11 is 1.67. The Morgan fingerprint density at radius 3 is 2.71 bits per heavy atom. The van der Waals surface area contributed by atoms with Gasteiger partial charge in [-0.3, -0.25) is 4.98 Å². The van der Waals surface area contributed by atoms with Gasteiger partial charge in [0.05, 0.1) is 18.1 Å². The van der Waals surface area contributed by atoms with E-state index in [4.69, 9.17) is 10.5 Å². The van der Waals surface area contributed by atoms with Crippen LogP contribution >= 0.6 is 11.8 Å². The van der Waals surface area contributed by atoms with Gasteiger partial charge in [-0.15, -0.1) is 11.8 Å². The first kappa shape index (κ1) is 18.7. The van der Waals surface area contributed by atoms with E-state index >= 15 is 4.39 Å². The first-order valence-electron chi connectivity index (χ1n) is 9.31. The first-order valence-corrected chi connectivity index (χ1v) is 10.5. The van der Waals surface area contributed by atoms with Gasteiger partial charge in [0.1, 0.15) is 12.4 Å². The van der Waals surface area contributed by atoms with Gasteiger partial charge < -0.3 is 10.5 Å². The Kier molecular flexibility index (Phi) is 5.48. The van der Waals surface area contributed by atoms with Crippen LogP contribution in [-0.2, 0) is 6.61 Å². The molecule has 2 aromatic carbocycles. The predicted octanol–water partition coefficient (Wildman–Crippen LogP) is 5.43. The summed E-state index contributed by atoms with van der Waals surface area (Å²) in [4.78, 5) is 9.40. The Balaban J connectivity index is 1.68. The normalized spacial score (nSPS) is 13.9. The van der Waals surface area contributed by atoms with Crippen LogP contribution in [0.5, 0.6) is 5.75 Å². The van der Waals surface area contributed by atoms with Crippen molar-refractivity contribution in [1.82, 2.24) is 9.97 Å². The Bertz CT molecular complexity index is 974. The molecule has 0 unspecified atom stereocenters. The van der Waals surface area contributed by atoms with Crippen LogP contribution in [-0.4, -0.2) is 16.2 Å². The van der Waals surface area contributed by atoms with E-state index in [1.165, 1.54) is 18.8 Å². The summed E-state index contributed by atoms with van der Waals surface area (Å²) in [6.45, 7) is 0.321. The zero-order chi connectivity index (χ0) is 19.5. The van der Waals surface area contributed by atoms with E-state index in [-0.39, 0.29) is 5.82 Å². The molecule has 1 aliphatic rings. The van der Waals surface area contributed by atoms with Crippen molar-refractivity contribution in [3.05, 3.63) is 65.7 Å². The van der Waals surface area contributed by atoms with Crippen molar-refractivity contribution in [3.63, 3.8) is 0 Å². The zero-order valence-corrected chi connectivity index (χ0v) is 16.5. The van der Waals surface area contributed by atoms with Crippen LogP contribution in [0.25, 0.3) is 11.3 Å². The molecule has 6 heteroatoms. The average molecular weight is 396 g/mol. The summed E-state index contributed by atoms with van der Waals surface area (Å²) in [6.07, 6.45) is 8.27. The van der Waals surface area contributed by atoms with E-state index in [1.807, 2.05) is 24.5 Å². The number of nitrogens with zero attached hydrogens (tertiary/aromatic N) is 2. The quantitative estimate of drug-likeness (QED) is 0.564. The third-order valence-corrected chi connectivity index (χ3v) is 5.86. The lowest BCUT2D eigenvalue weighted by molar-refractivity contribution is 0.278. The Morgan fingerprint density at radius 1 is 1.18 bits per heavy atom. The second kappa shape index (κ2) is 8.19. The molecule has 2 N–H and O–H groups in total. The molecule has 0 atom stereocenters. The minimum absolute atomic E-state index is 0.306. The molecular weight excluding hydrogens is 373 g/mol. The summed E-state index contributed by atoms with van der Waals surface area (Å²) in [5.74, 6) is 0.605. The van der Waals surface area contributed by atoms with Crippen molar-refractivity contribution in [2.24, 2.45) is 0 Å². The van der Waals surface area contributed by atoms with Crippen molar-refractivity contribution in [3.8, 4) is 17.0 Å². The fourth-order valence-electron chi connectivity index (χ4n) is 3.35. The average Bonchev–Trinajstić information content (AvgIpc) is 2.67. The maximum Gasteiger partial charge on any atom is 0.174 e. The number of thioether (sulfide) groups is 1. The highest BCUT2D eigenvalue weighted by molar-refractivity contribution is 7.98. The molecule has 0 spiro atoms. The van der Waals surface area contributed by atoms with Gasteiger partial charge in [0.2, 0.25) is 0 Å². The molecule has 0 bridgehead atoms. The maximum atomic E-state index is 15.5. The summed E-state index contributed by atoms with van der Waals surface area (Å²) in [6, 6.07) is 11.8. The van der Waals surface area contributed by atoms with E-state index < -0.39 is 0 Å². The molecule has 0 amide bonds. The fraction of sp³-hybridized carbons (Fsp3) is 0.273. The van der Waals surface area contributed by atoms with Crippen LogP contribution in [0.15, 0.2) is 53.7 Å². The minimum Gasteiger partial charge on any atom is -0.486 e. The molecule has 4 nitrogen and oxygen atoms in total. The molecule has 144 valence electrons. The minimum atomic E-state index is -0.385. The highest BCUT2D eigenvalue weighted by Crippen LogP contribution is 2.44. The summed E-state index contributed by atoms with van der Waals surface area (Å²) < 4.78 is 21.5. The predicted molar refractivity (Wildman–Crippen MR) is 111 cm³/mol. The third-order valence-electron chi connectivity index (χ3n) is 5.14. The molecule has 0 saturated heterocycles. The lowest BCUT2D eigenvalue weighted by Crippen LogP contribution is -2.12. The van der Waals surface area contributed by atoms with Crippen LogP contribution in [0.4, 0.5) is 10.2 Å². The van der Waals surface area contributed by atoms with E-state index in [9.17, 15) is 0 Å². The lowest BCUT2D eigenvalue weighted by Gasteiger charge is -2.28. The highest BCUT2D eigenvalue weighted by atomic mass is 32.2. The van der Waals surface area contributed by atoms with E-state index in [0.29, 0.717) is 35.3 Å². The second-order valence-corrected chi connectivity index (χ2v) is 7.82. The van der Waals surface area contributed by atoms with E-state index in [0.717, 1.165) is 28.9 Å². The number of nitrogens with two attached hydrogens (primary N) is 1. The van der Waals surface area contributed by atoms with Crippen LogP contribution in [0, 0.1) is 5.82 Å². The first-order chi connectivity index (χ1) is 13.7. The number of aromatic nitrogens is 2. The molecule has 4 rings (SSSR count). The molecule has 1 aliphatic carbocycles. The van der Waals surface area contributed by atoms with E-state index in [2.05, 4.69) is 22.1 Å². The summed E-state index contributed by atoms with van der Waals surface area (Å²) in [5, 5.41) is 0. The number of ether oxygens (including phenoxy) is 1. The summed E-state index contributed by atoms with van der Waals surface area (Å²) in [7, 11) is 0. The number of benzene rings is 2. The van der Waals surface area contributed by atoms with Gasteiger partial charge >= 0.3 is 0 Å². The van der Waals surface area contributed by atoms with Crippen molar-refractivity contribution in [2.45, 2.75) is 36.7 Å². The van der Waals surface area contributed by atoms with Gasteiger partial charge in [-0.2, -0.15) is 0 Å². The maximum absolute atomic E-state index is 15.5. The lowest BCUT2D eigenvalue weighted by atomic mass is 9.79. The number of hydrogen-bond donors (Lipinski definition) is 1. The number of rotatable bonds is 6. The molecule has 0 aliphatic heterocycles. The molecule has 1 saturated carbocycles. The van der Waals surface area contributed by atoms with Crippen LogP contribution in [0.3, 0.4) is 0 Å². The topological polar surface area (TPSA) is 61.0 Å². The Morgan fingerprint density at radius 2 is 2.04 bits per heavy atom. The molecule has 1 fully saturated rings. The number of nitrogen functional groups attached to an aromatic ring is 1. The zero-order valence-electron chi connectivity index (χ0n) is 15.7. The molecular formula is C22H22FN3OS. The van der Waals surface area contributed by atoms with Gasteiger partial charge in [-0.25, -0.2) is 9.37 Å². The van der Waals surface area contributed by atoms with Crippen molar-refractivity contribution >= 4 is 17.6 Å². The summed E-state index contributed by atoms with van der Waals surface area (Å²) in [5.41, 5.74) is 8.39. The highest BCUT2D eigenvalue weighted by Gasteiger charge is 2.27. The standard InChI is InChI=1S/C22H22FN3OS/c1-28-16-7-2-4-14(10-16)13-27-22-17(15-5-3-6-15)8-9-18(21(22)23)19-11-26-20(24)12-25-19/h2,4,7-12,15H,3,5-6,13H2,1H3,(H2,24,26). The Hall–Kier alpha value is -2.60. The van der Waals surface area contributed by atoms with Gasteiger partial charge in [0, 0.05) is 16.0 Å². The van der Waals surface area contributed by atoms with Gasteiger partial charge in [0.15, 0.2) is 11.6 Å². The molecule has 28 heavy (non-hydrogen) atoms. The molecule has 3 aromatic rings.